The maximum absolute atomic E-state index is 15.8. The zero-order chi connectivity index (χ0) is 50.2. The number of carbonyl (C=O) groups is 6. The Kier molecular flexibility index (Phi) is 16.3. The lowest BCUT2D eigenvalue weighted by molar-refractivity contribution is -0.350. The Bertz CT molecular complexity index is 2160. The van der Waals surface area contributed by atoms with Gasteiger partial charge in [0.2, 0.25) is 0 Å². The number of ketones is 1. The summed E-state index contributed by atoms with van der Waals surface area (Å²) in [4.78, 5) is 85.2. The number of rotatable bonds is 15. The number of esters is 4. The summed E-state index contributed by atoms with van der Waals surface area (Å²) in [5.41, 5.74) is -8.85. The van der Waals surface area contributed by atoms with Crippen LogP contribution in [0.25, 0.3) is 0 Å². The van der Waals surface area contributed by atoms with E-state index in [2.05, 4.69) is 5.32 Å². The largest absolute Gasteiger partial charge is 0.497 e. The molecule has 20 heteroatoms. The van der Waals surface area contributed by atoms with Gasteiger partial charge < -0.3 is 58.5 Å². The van der Waals surface area contributed by atoms with Gasteiger partial charge in [0, 0.05) is 30.9 Å². The van der Waals surface area contributed by atoms with Crippen LogP contribution in [0.4, 0.5) is 4.79 Å². The van der Waals surface area contributed by atoms with E-state index in [0.717, 1.165) is 6.92 Å². The topological polar surface area (TPSA) is 249 Å². The summed E-state index contributed by atoms with van der Waals surface area (Å²) in [5, 5.41) is 40.7. The molecule has 11 atom stereocenters. The van der Waals surface area contributed by atoms with Crippen LogP contribution in [0, 0.1) is 16.7 Å². The van der Waals surface area contributed by atoms with Crippen molar-refractivity contribution in [3.63, 3.8) is 0 Å². The van der Waals surface area contributed by atoms with E-state index in [4.69, 9.17) is 37.9 Å². The Morgan fingerprint density at radius 1 is 1.03 bits per heavy atom. The third-order valence-corrected chi connectivity index (χ3v) is 15.0. The molecule has 2 bridgehead atoms. The van der Waals surface area contributed by atoms with Crippen LogP contribution in [-0.2, 0) is 47.6 Å². The summed E-state index contributed by atoms with van der Waals surface area (Å²) in [5.74, 6) is -6.07. The second-order valence-corrected chi connectivity index (χ2v) is 22.0. The van der Waals surface area contributed by atoms with Crippen molar-refractivity contribution in [1.29, 1.82) is 0 Å². The Hall–Kier alpha value is -4.34. The molecular weight excluding hydrogens is 915 g/mol. The highest BCUT2D eigenvalue weighted by atomic mass is 33.1. The minimum Gasteiger partial charge on any atom is -0.497 e. The number of nitrogens with one attached hydrogen (secondary N) is 1. The average molecular weight is 980 g/mol. The number of alkyl carbamates (subject to hydrolysis) is 1. The van der Waals surface area contributed by atoms with Gasteiger partial charge in [-0.25, -0.2) is 14.4 Å². The van der Waals surface area contributed by atoms with E-state index in [1.54, 1.807) is 41.5 Å². The number of aliphatic hydroxyl groups excluding tert-OH is 2. The first kappa shape index (κ1) is 53.6. The van der Waals surface area contributed by atoms with Crippen LogP contribution in [0.5, 0.6) is 11.5 Å². The molecule has 1 amide bonds. The first-order valence-electron chi connectivity index (χ1n) is 21.9. The van der Waals surface area contributed by atoms with Crippen LogP contribution in [-0.4, -0.2) is 143 Å². The molecule has 4 aliphatic rings. The van der Waals surface area contributed by atoms with E-state index >= 15 is 4.79 Å². The Labute approximate surface area is 398 Å². The summed E-state index contributed by atoms with van der Waals surface area (Å²) in [6.07, 6.45) is -9.03. The smallest absolute Gasteiger partial charge is 0.408 e. The number of benzene rings is 1. The molecule has 1 aromatic carbocycles. The number of ether oxygens (including phenoxy) is 8. The molecule has 5 rings (SSSR count). The van der Waals surface area contributed by atoms with Gasteiger partial charge in [0.1, 0.15) is 46.6 Å². The van der Waals surface area contributed by atoms with Crippen molar-refractivity contribution in [3.05, 3.63) is 46.6 Å². The number of aliphatic hydroxyl groups is 3. The van der Waals surface area contributed by atoms with Crippen LogP contribution in [0.1, 0.15) is 98.9 Å². The van der Waals surface area contributed by atoms with E-state index in [1.807, 2.05) is 6.26 Å². The second kappa shape index (κ2) is 20.3. The average Bonchev–Trinajstić information content (AvgIpc) is 3.22. The first-order valence-corrected chi connectivity index (χ1v) is 24.6. The molecule has 0 aromatic heterocycles. The number of hydrogen-bond donors (Lipinski definition) is 4. The maximum atomic E-state index is 15.8. The Morgan fingerprint density at radius 3 is 2.25 bits per heavy atom. The molecule has 67 heavy (non-hydrogen) atoms. The number of methoxy groups -OCH3 is 2. The standard InChI is InChI=1S/C47H65NO17S2/c1-23(2)18-28(48-42(56)65-43(5,6)7)35(52)41(55)61-32-19-24(3)34-36(62-33(51)16-17-67-66-13)38(53)45(10)30(50)21-31-46(22-60-31,64-25(4)49)37(45)39(47(32,57)44(34,8)9)63-40(54)27-20-26(58-11)14-15-29(27)59-12/h14-15,18,20,28,30-32,35-37,39,50,52,57H,16-17,19,21-22H2,1-13H3,(H,48,56)/t28-,30-,31+,32+,35+,36+,37-,39-,45+,46-,47+/m0/s1. The zero-order valence-electron chi connectivity index (χ0n) is 40.3. The van der Waals surface area contributed by atoms with E-state index in [-0.39, 0.29) is 35.5 Å². The molecule has 0 spiro atoms. The molecule has 372 valence electrons. The highest BCUT2D eigenvalue weighted by molar-refractivity contribution is 8.76. The second-order valence-electron chi connectivity index (χ2n) is 19.4. The third kappa shape index (κ3) is 10.2. The van der Waals surface area contributed by atoms with Crippen molar-refractivity contribution in [2.45, 2.75) is 148 Å². The lowest BCUT2D eigenvalue weighted by Crippen LogP contribution is -2.83. The molecule has 3 aliphatic carbocycles. The monoisotopic (exact) mass is 979 g/mol. The Morgan fingerprint density at radius 2 is 1.70 bits per heavy atom. The lowest BCUT2D eigenvalue weighted by atomic mass is 9.44. The molecule has 1 aromatic rings. The Balaban J connectivity index is 1.82. The first-order chi connectivity index (χ1) is 31.1. The van der Waals surface area contributed by atoms with Crippen molar-refractivity contribution >= 4 is 57.3 Å². The molecule has 1 aliphatic heterocycles. The quantitative estimate of drug-likeness (QED) is 0.0605. The van der Waals surface area contributed by atoms with E-state index in [0.29, 0.717) is 16.9 Å². The van der Waals surface area contributed by atoms with Gasteiger partial charge in [0.05, 0.1) is 50.7 Å². The summed E-state index contributed by atoms with van der Waals surface area (Å²) in [7, 11) is 5.51. The van der Waals surface area contributed by atoms with Gasteiger partial charge in [-0.1, -0.05) is 52.7 Å². The van der Waals surface area contributed by atoms with Crippen molar-refractivity contribution in [3.8, 4) is 11.5 Å². The number of fused-ring (bicyclic) bond motifs is 5. The molecule has 0 radical (unpaired) electrons. The zero-order valence-corrected chi connectivity index (χ0v) is 42.0. The van der Waals surface area contributed by atoms with Crippen molar-refractivity contribution in [1.82, 2.24) is 5.32 Å². The SMILES string of the molecule is COc1ccc(OC)c(C(=O)O[C@H]2[C@@H]3[C@]4(OC(C)=O)CO[C@@H]4C[C@H](O)[C@@]3(C)C(=O)[C@H](OC(=O)CCSSC)C3=C(C)C[C@@H](OC(=O)[C@H](O)[C@H](C=C(C)C)NC(=O)OC(C)(C)C)[C@]2(O)C3(C)C)c1. The number of carbonyl (C=O) groups excluding carboxylic acids is 6. The van der Waals surface area contributed by atoms with Gasteiger partial charge in [0.25, 0.3) is 0 Å². The fraction of sp³-hybridized carbons (Fsp3) is 0.660. The van der Waals surface area contributed by atoms with Crippen LogP contribution >= 0.6 is 21.6 Å². The molecule has 2 saturated carbocycles. The van der Waals surface area contributed by atoms with Crippen molar-refractivity contribution < 1.29 is 82.0 Å². The highest BCUT2D eigenvalue weighted by Crippen LogP contribution is 2.64. The predicted octanol–water partition coefficient (Wildman–Crippen LogP) is 4.82. The van der Waals surface area contributed by atoms with E-state index in [1.165, 1.54) is 80.9 Å². The molecule has 0 unspecified atom stereocenters. The third-order valence-electron chi connectivity index (χ3n) is 13.2. The van der Waals surface area contributed by atoms with Gasteiger partial charge in [-0.15, -0.1) is 0 Å². The predicted molar refractivity (Wildman–Crippen MR) is 245 cm³/mol. The van der Waals surface area contributed by atoms with Gasteiger partial charge >= 0.3 is 30.0 Å². The van der Waals surface area contributed by atoms with Gasteiger partial charge in [-0.2, -0.15) is 0 Å². The van der Waals surface area contributed by atoms with Gasteiger partial charge in [0.15, 0.2) is 23.6 Å². The summed E-state index contributed by atoms with van der Waals surface area (Å²) in [6, 6.07) is 2.89. The van der Waals surface area contributed by atoms with Gasteiger partial charge in [-0.3, -0.25) is 14.4 Å². The molecule has 1 heterocycles. The number of Topliss-reactive ketones (excluding diaryl/α,β-unsaturated/α-hetero) is 1. The minimum absolute atomic E-state index is 0.0190. The molecule has 18 nitrogen and oxygen atoms in total. The van der Waals surface area contributed by atoms with Gasteiger partial charge in [-0.05, 0) is 78.5 Å². The van der Waals surface area contributed by atoms with Crippen LogP contribution in [0.2, 0.25) is 0 Å². The molecule has 3 fully saturated rings. The number of amides is 1. The van der Waals surface area contributed by atoms with Crippen molar-refractivity contribution in [2.24, 2.45) is 16.7 Å². The fourth-order valence-electron chi connectivity index (χ4n) is 10.2. The molecular formula is C47H65NO17S2. The van der Waals surface area contributed by atoms with Crippen LogP contribution < -0.4 is 14.8 Å². The maximum Gasteiger partial charge on any atom is 0.408 e. The van der Waals surface area contributed by atoms with Crippen LogP contribution in [0.3, 0.4) is 0 Å². The van der Waals surface area contributed by atoms with Crippen molar-refractivity contribution in [2.75, 3.05) is 32.8 Å². The van der Waals surface area contributed by atoms with Crippen LogP contribution in [0.15, 0.2) is 41.0 Å². The normalized spacial score (nSPS) is 30.5. The number of hydrogen-bond acceptors (Lipinski definition) is 19. The highest BCUT2D eigenvalue weighted by Gasteiger charge is 2.79. The fourth-order valence-corrected chi connectivity index (χ4v) is 11.3. The summed E-state index contributed by atoms with van der Waals surface area (Å²) >= 11 is 0. The summed E-state index contributed by atoms with van der Waals surface area (Å²) in [6.45, 7) is 14.9. The number of allylic oxidation sites excluding steroid dienone is 1. The molecule has 4 N–H and O–H groups in total. The lowest BCUT2D eigenvalue weighted by Gasteiger charge is -2.67. The molecule has 1 saturated heterocycles. The van der Waals surface area contributed by atoms with E-state index in [9.17, 15) is 39.3 Å². The summed E-state index contributed by atoms with van der Waals surface area (Å²) < 4.78 is 47.3. The van der Waals surface area contributed by atoms with E-state index < -0.39 is 125 Å². The minimum atomic E-state index is -2.72.